The maximum absolute atomic E-state index is 11.8. The molecule has 0 amide bonds. The molecule has 2 rings (SSSR count). The maximum Gasteiger partial charge on any atom is 0.240 e. The summed E-state index contributed by atoms with van der Waals surface area (Å²) in [5.74, 6) is 0.442. The molecule has 8 heteroatoms. The lowest BCUT2D eigenvalue weighted by molar-refractivity contribution is 0.584. The Kier molecular flexibility index (Phi) is 6.88. The van der Waals surface area contributed by atoms with Crippen molar-refractivity contribution in [2.45, 2.75) is 37.2 Å². The zero-order chi connectivity index (χ0) is 14.6. The normalized spacial score (nSPS) is 15.4. The van der Waals surface area contributed by atoms with Crippen molar-refractivity contribution < 1.29 is 8.42 Å². The number of aliphatic imine (C=N–C) groups is 1. The molecule has 4 N–H and O–H groups in total. The van der Waals surface area contributed by atoms with E-state index in [2.05, 4.69) is 15.0 Å². The van der Waals surface area contributed by atoms with Crippen LogP contribution in [0.3, 0.4) is 0 Å². The van der Waals surface area contributed by atoms with Crippen LogP contribution >= 0.6 is 24.0 Å². The van der Waals surface area contributed by atoms with Crippen molar-refractivity contribution in [1.82, 2.24) is 10.0 Å². The largest absolute Gasteiger partial charge is 0.370 e. The summed E-state index contributed by atoms with van der Waals surface area (Å²) in [6.45, 7) is 2.56. The highest BCUT2D eigenvalue weighted by Crippen LogP contribution is 2.18. The van der Waals surface area contributed by atoms with Crippen LogP contribution in [0.5, 0.6) is 0 Å². The van der Waals surface area contributed by atoms with Gasteiger partial charge in [-0.1, -0.05) is 19.1 Å². The van der Waals surface area contributed by atoms with Gasteiger partial charge in [0.15, 0.2) is 5.96 Å². The van der Waals surface area contributed by atoms with Gasteiger partial charge in [-0.25, -0.2) is 18.1 Å². The number of nitrogens with zero attached hydrogens (tertiary/aromatic N) is 1. The van der Waals surface area contributed by atoms with E-state index >= 15 is 0 Å². The standard InChI is InChI=1S/C13H20N4O2S.HI/c1-2-16-20(18,19)12-7-3-10(4-8-12)9-15-13(14)17-11-5-6-11;/h3-4,7-8,11,16H,2,5-6,9H2,1H3,(H3,14,15,17);1H. The topological polar surface area (TPSA) is 96.6 Å². The van der Waals surface area contributed by atoms with Gasteiger partial charge < -0.3 is 11.1 Å². The summed E-state index contributed by atoms with van der Waals surface area (Å²) >= 11 is 0. The number of halogens is 1. The van der Waals surface area contributed by atoms with Crippen LogP contribution in [0.2, 0.25) is 0 Å². The molecule has 1 saturated carbocycles. The van der Waals surface area contributed by atoms with Crippen LogP contribution in [-0.2, 0) is 16.6 Å². The van der Waals surface area contributed by atoms with Gasteiger partial charge >= 0.3 is 0 Å². The van der Waals surface area contributed by atoms with Crippen LogP contribution in [0, 0.1) is 0 Å². The smallest absolute Gasteiger partial charge is 0.240 e. The number of sulfonamides is 1. The van der Waals surface area contributed by atoms with E-state index in [1.165, 1.54) is 0 Å². The number of hydrogen-bond acceptors (Lipinski definition) is 3. The Morgan fingerprint density at radius 1 is 1.33 bits per heavy atom. The lowest BCUT2D eigenvalue weighted by Gasteiger charge is -2.06. The monoisotopic (exact) mass is 424 g/mol. The second-order valence-corrected chi connectivity index (χ2v) is 6.53. The van der Waals surface area contributed by atoms with Crippen molar-refractivity contribution in [1.29, 1.82) is 0 Å². The van der Waals surface area contributed by atoms with Crippen LogP contribution in [0.25, 0.3) is 0 Å². The fraction of sp³-hybridized carbons (Fsp3) is 0.462. The molecule has 0 aliphatic heterocycles. The van der Waals surface area contributed by atoms with E-state index in [0.29, 0.717) is 25.1 Å². The first-order valence-corrected chi connectivity index (χ1v) is 8.14. The molecule has 0 bridgehead atoms. The average molecular weight is 424 g/mol. The molecule has 1 aromatic rings. The number of nitrogens with one attached hydrogen (secondary N) is 2. The summed E-state index contributed by atoms with van der Waals surface area (Å²) in [4.78, 5) is 4.48. The van der Waals surface area contributed by atoms with Gasteiger partial charge in [0.2, 0.25) is 10.0 Å². The summed E-state index contributed by atoms with van der Waals surface area (Å²) in [6, 6.07) is 7.13. The summed E-state index contributed by atoms with van der Waals surface area (Å²) in [7, 11) is -3.39. The Morgan fingerprint density at radius 2 is 1.95 bits per heavy atom. The molecular formula is C13H21IN4O2S. The molecule has 21 heavy (non-hydrogen) atoms. The Bertz CT molecular complexity index is 583. The molecule has 118 valence electrons. The highest BCUT2D eigenvalue weighted by Gasteiger charge is 2.21. The van der Waals surface area contributed by atoms with Crippen LogP contribution < -0.4 is 15.8 Å². The molecule has 1 aliphatic carbocycles. The van der Waals surface area contributed by atoms with Crippen molar-refractivity contribution in [3.63, 3.8) is 0 Å². The summed E-state index contributed by atoms with van der Waals surface area (Å²) in [5.41, 5.74) is 6.65. The molecule has 0 saturated heterocycles. The van der Waals surface area contributed by atoms with Crippen molar-refractivity contribution >= 4 is 40.0 Å². The minimum absolute atomic E-state index is 0. The summed E-state index contributed by atoms with van der Waals surface area (Å²) in [6.07, 6.45) is 2.29. The molecule has 0 spiro atoms. The third-order valence-electron chi connectivity index (χ3n) is 2.93. The molecule has 0 heterocycles. The molecule has 0 aromatic heterocycles. The number of hydrogen-bond donors (Lipinski definition) is 3. The lowest BCUT2D eigenvalue weighted by Crippen LogP contribution is -2.33. The van der Waals surface area contributed by atoms with Crippen LogP contribution in [-0.4, -0.2) is 27.0 Å². The zero-order valence-electron chi connectivity index (χ0n) is 11.9. The average Bonchev–Trinajstić information content (AvgIpc) is 3.21. The van der Waals surface area contributed by atoms with E-state index in [9.17, 15) is 8.42 Å². The molecule has 1 aliphatic rings. The third-order valence-corrected chi connectivity index (χ3v) is 4.49. The van der Waals surface area contributed by atoms with Crippen molar-refractivity contribution in [2.75, 3.05) is 6.54 Å². The molecule has 6 nitrogen and oxygen atoms in total. The highest BCUT2D eigenvalue weighted by molar-refractivity contribution is 14.0. The molecular weight excluding hydrogens is 403 g/mol. The van der Waals surface area contributed by atoms with Gasteiger partial charge in [-0.3, -0.25) is 0 Å². The number of nitrogens with two attached hydrogens (primary N) is 1. The second-order valence-electron chi connectivity index (χ2n) is 4.77. The number of guanidine groups is 1. The van der Waals surface area contributed by atoms with E-state index in [1.54, 1.807) is 31.2 Å². The van der Waals surface area contributed by atoms with E-state index in [0.717, 1.165) is 18.4 Å². The minimum atomic E-state index is -3.39. The van der Waals surface area contributed by atoms with Gasteiger partial charge in [0, 0.05) is 12.6 Å². The Morgan fingerprint density at radius 3 is 2.48 bits per heavy atom. The lowest BCUT2D eigenvalue weighted by atomic mass is 10.2. The minimum Gasteiger partial charge on any atom is -0.370 e. The molecule has 0 atom stereocenters. The Hall–Kier alpha value is -0.870. The first kappa shape index (κ1) is 18.2. The Labute approximate surface area is 142 Å². The summed E-state index contributed by atoms with van der Waals surface area (Å²) < 4.78 is 26.0. The van der Waals surface area contributed by atoms with Crippen molar-refractivity contribution in [3.05, 3.63) is 29.8 Å². The maximum atomic E-state index is 11.8. The Balaban J connectivity index is 0.00000220. The first-order valence-electron chi connectivity index (χ1n) is 6.66. The zero-order valence-corrected chi connectivity index (χ0v) is 15.0. The van der Waals surface area contributed by atoms with Crippen molar-refractivity contribution in [3.8, 4) is 0 Å². The third kappa shape index (κ3) is 5.79. The van der Waals surface area contributed by atoms with E-state index in [4.69, 9.17) is 5.73 Å². The van der Waals surface area contributed by atoms with Crippen molar-refractivity contribution in [2.24, 2.45) is 10.7 Å². The van der Waals surface area contributed by atoms with E-state index in [1.807, 2.05) is 0 Å². The van der Waals surface area contributed by atoms with Crippen LogP contribution in [0.15, 0.2) is 34.2 Å². The van der Waals surface area contributed by atoms with Gasteiger partial charge in [-0.2, -0.15) is 0 Å². The fourth-order valence-electron chi connectivity index (χ4n) is 1.71. The fourth-order valence-corrected chi connectivity index (χ4v) is 2.75. The molecule has 1 fully saturated rings. The second kappa shape index (κ2) is 7.95. The van der Waals surface area contributed by atoms with Gasteiger partial charge in [0.1, 0.15) is 0 Å². The molecule has 0 unspecified atom stereocenters. The quantitative estimate of drug-likeness (QED) is 0.363. The van der Waals surface area contributed by atoms with Gasteiger partial charge in [-0.05, 0) is 30.5 Å². The van der Waals surface area contributed by atoms with Crippen LogP contribution in [0.1, 0.15) is 25.3 Å². The summed E-state index contributed by atoms with van der Waals surface area (Å²) in [5, 5.41) is 3.10. The van der Waals surface area contributed by atoms with E-state index < -0.39 is 10.0 Å². The predicted molar refractivity (Wildman–Crippen MR) is 94.2 cm³/mol. The number of rotatable bonds is 6. The van der Waals surface area contributed by atoms with Gasteiger partial charge in [-0.15, -0.1) is 24.0 Å². The highest BCUT2D eigenvalue weighted by atomic mass is 127. The van der Waals surface area contributed by atoms with Crippen LogP contribution in [0.4, 0.5) is 0 Å². The molecule has 1 aromatic carbocycles. The van der Waals surface area contributed by atoms with Gasteiger partial charge in [0.05, 0.1) is 11.4 Å². The first-order chi connectivity index (χ1) is 9.51. The van der Waals surface area contributed by atoms with Gasteiger partial charge in [0.25, 0.3) is 0 Å². The SMILES string of the molecule is CCNS(=O)(=O)c1ccc(CN=C(N)NC2CC2)cc1.I. The van der Waals surface area contributed by atoms with E-state index in [-0.39, 0.29) is 28.9 Å². The molecule has 0 radical (unpaired) electrons. The predicted octanol–water partition coefficient (Wildman–Crippen LogP) is 1.17. The number of benzene rings is 1.